The van der Waals surface area contributed by atoms with Crippen LogP contribution in [-0.2, 0) is 11.2 Å². The van der Waals surface area contributed by atoms with Crippen LogP contribution in [0.4, 0.5) is 0 Å². The van der Waals surface area contributed by atoms with E-state index in [9.17, 15) is 14.7 Å². The van der Waals surface area contributed by atoms with Crippen LogP contribution in [-0.4, -0.2) is 36.0 Å². The van der Waals surface area contributed by atoms with Crippen molar-refractivity contribution in [1.29, 1.82) is 0 Å². The van der Waals surface area contributed by atoms with Gasteiger partial charge in [0.05, 0.1) is 31.2 Å². The molecule has 1 aliphatic rings. The number of rotatable bonds is 8. The molecule has 1 aliphatic heterocycles. The minimum atomic E-state index is -0.969. The third-order valence-electron chi connectivity index (χ3n) is 6.00. The van der Waals surface area contributed by atoms with Crippen LogP contribution >= 0.6 is 0 Å². The van der Waals surface area contributed by atoms with Gasteiger partial charge in [0.25, 0.3) is 0 Å². The zero-order valence-corrected chi connectivity index (χ0v) is 19.2. The number of carboxylic acids is 1. The second-order valence-electron chi connectivity index (χ2n) is 8.16. The van der Waals surface area contributed by atoms with Crippen molar-refractivity contribution in [1.82, 2.24) is 4.57 Å². The molecule has 4 rings (SSSR count). The first kappa shape index (κ1) is 22.7. The Morgan fingerprint density at radius 1 is 1.24 bits per heavy atom. The summed E-state index contributed by atoms with van der Waals surface area (Å²) in [6.07, 6.45) is 4.41. The normalized spacial score (nSPS) is 13.8. The van der Waals surface area contributed by atoms with Crippen LogP contribution < -0.4 is 19.6 Å². The first-order valence-corrected chi connectivity index (χ1v) is 11.4. The molecule has 174 valence electrons. The molecule has 0 fully saturated rings. The summed E-state index contributed by atoms with van der Waals surface area (Å²) in [4.78, 5) is 26.1. The highest BCUT2D eigenvalue weighted by molar-refractivity contribution is 5.95. The maximum atomic E-state index is 13.9. The number of carboxylic acid groups (broad SMARTS) is 1. The second kappa shape index (κ2) is 9.57. The molecular weight excluding hydrogens is 422 g/mol. The fourth-order valence-electron chi connectivity index (χ4n) is 4.37. The molecule has 7 heteroatoms. The molecule has 2 aromatic carbocycles. The smallest absolute Gasteiger partial charge is 0.326 e. The quantitative estimate of drug-likeness (QED) is 0.528. The van der Waals surface area contributed by atoms with Crippen molar-refractivity contribution in [2.24, 2.45) is 0 Å². The fourth-order valence-corrected chi connectivity index (χ4v) is 4.37. The molecule has 0 saturated carbocycles. The Balaban J connectivity index is 2.11. The van der Waals surface area contributed by atoms with Crippen molar-refractivity contribution in [2.45, 2.75) is 45.6 Å². The number of aliphatic carboxylic acids is 1. The average molecular weight is 452 g/mol. The van der Waals surface area contributed by atoms with E-state index >= 15 is 0 Å². The lowest BCUT2D eigenvalue weighted by Gasteiger charge is -2.26. The van der Waals surface area contributed by atoms with E-state index in [1.54, 1.807) is 42.1 Å². The molecule has 1 aromatic heterocycles. The van der Waals surface area contributed by atoms with Gasteiger partial charge in [-0.25, -0.2) is 4.79 Å². The predicted molar refractivity (Wildman–Crippen MR) is 127 cm³/mol. The number of methoxy groups -OCH3 is 1. The summed E-state index contributed by atoms with van der Waals surface area (Å²) in [7, 11) is 1.58. The molecule has 2 heterocycles. The third-order valence-corrected chi connectivity index (χ3v) is 6.00. The van der Waals surface area contributed by atoms with E-state index in [1.165, 1.54) is 0 Å². The van der Waals surface area contributed by atoms with Crippen LogP contribution in [0.2, 0.25) is 0 Å². The molecular formula is C26H29NO6. The number of aromatic nitrogens is 1. The van der Waals surface area contributed by atoms with Crippen LogP contribution in [0, 0.1) is 0 Å². The van der Waals surface area contributed by atoms with Gasteiger partial charge in [-0.1, -0.05) is 26.0 Å². The molecule has 33 heavy (non-hydrogen) atoms. The fraction of sp³-hybridized carbons (Fsp3) is 0.385. The summed E-state index contributed by atoms with van der Waals surface area (Å²) < 4.78 is 19.0. The van der Waals surface area contributed by atoms with Crippen LogP contribution in [0.5, 0.6) is 17.2 Å². The van der Waals surface area contributed by atoms with E-state index < -0.39 is 12.0 Å². The highest BCUT2D eigenvalue weighted by Crippen LogP contribution is 2.40. The van der Waals surface area contributed by atoms with Crippen LogP contribution in [0.1, 0.15) is 44.7 Å². The topological polar surface area (TPSA) is 87.0 Å². The van der Waals surface area contributed by atoms with Crippen molar-refractivity contribution < 1.29 is 24.1 Å². The third kappa shape index (κ3) is 4.15. The highest BCUT2D eigenvalue weighted by atomic mass is 16.5. The standard InChI is InChI=1S/C26H29NO6/c1-4-12-32-21-14-17-7-6-13-33-25(17)22-23(21)27(20(5-2)26(29)30)15-19(24(22)28)16-8-10-18(31-3)11-9-16/h8-11,14-15,20H,4-7,12-13H2,1-3H3,(H,29,30). The van der Waals surface area contributed by atoms with Gasteiger partial charge in [0.1, 0.15) is 23.3 Å². The van der Waals surface area contributed by atoms with Crippen LogP contribution in [0.15, 0.2) is 41.3 Å². The number of nitrogens with zero attached hydrogens (tertiary/aromatic N) is 1. The van der Waals surface area contributed by atoms with E-state index in [1.807, 2.05) is 19.9 Å². The van der Waals surface area contributed by atoms with Gasteiger partial charge in [-0.05, 0) is 55.0 Å². The SMILES string of the molecule is CCCOc1cc2c(c3c(=O)c(-c4ccc(OC)cc4)cn(C(CC)C(=O)O)c13)OCCC2. The number of carbonyl (C=O) groups is 1. The molecule has 0 saturated heterocycles. The number of aryl methyl sites for hydroxylation is 1. The molecule has 1 atom stereocenters. The largest absolute Gasteiger partial charge is 0.497 e. The maximum absolute atomic E-state index is 13.9. The van der Waals surface area contributed by atoms with Gasteiger partial charge >= 0.3 is 5.97 Å². The zero-order valence-electron chi connectivity index (χ0n) is 19.2. The summed E-state index contributed by atoms with van der Waals surface area (Å²) in [5.41, 5.74) is 2.28. The van der Waals surface area contributed by atoms with Gasteiger partial charge in [0.2, 0.25) is 5.43 Å². The zero-order chi connectivity index (χ0) is 23.5. The van der Waals surface area contributed by atoms with Crippen molar-refractivity contribution in [3.63, 3.8) is 0 Å². The van der Waals surface area contributed by atoms with Crippen molar-refractivity contribution in [3.8, 4) is 28.4 Å². The number of ether oxygens (including phenoxy) is 3. The number of benzene rings is 2. The minimum absolute atomic E-state index is 0.202. The van der Waals surface area contributed by atoms with E-state index in [0.717, 1.165) is 24.8 Å². The lowest BCUT2D eigenvalue weighted by atomic mass is 9.97. The summed E-state index contributed by atoms with van der Waals surface area (Å²) >= 11 is 0. The Bertz CT molecular complexity index is 1230. The maximum Gasteiger partial charge on any atom is 0.326 e. The summed E-state index contributed by atoms with van der Waals surface area (Å²) in [6.45, 7) is 4.80. The van der Waals surface area contributed by atoms with Crippen molar-refractivity contribution in [2.75, 3.05) is 20.3 Å². The molecule has 3 aromatic rings. The van der Waals surface area contributed by atoms with Gasteiger partial charge in [-0.3, -0.25) is 4.79 Å². The summed E-state index contributed by atoms with van der Waals surface area (Å²) in [6, 6.07) is 8.21. The first-order valence-electron chi connectivity index (χ1n) is 11.4. The van der Waals surface area contributed by atoms with Gasteiger partial charge < -0.3 is 23.9 Å². The predicted octanol–water partition coefficient (Wildman–Crippen LogP) is 4.83. The molecule has 0 bridgehead atoms. The number of hydrogen-bond acceptors (Lipinski definition) is 5. The molecule has 7 nitrogen and oxygen atoms in total. The highest BCUT2D eigenvalue weighted by Gasteiger charge is 2.28. The van der Waals surface area contributed by atoms with Crippen LogP contribution in [0.3, 0.4) is 0 Å². The van der Waals surface area contributed by atoms with Gasteiger partial charge in [-0.15, -0.1) is 0 Å². The van der Waals surface area contributed by atoms with Crippen molar-refractivity contribution >= 4 is 16.9 Å². The van der Waals surface area contributed by atoms with Gasteiger partial charge in [-0.2, -0.15) is 0 Å². The number of fused-ring (bicyclic) bond motifs is 3. The second-order valence-corrected chi connectivity index (χ2v) is 8.16. The molecule has 1 N–H and O–H groups in total. The lowest BCUT2D eigenvalue weighted by Crippen LogP contribution is -2.24. The van der Waals surface area contributed by atoms with E-state index in [4.69, 9.17) is 14.2 Å². The number of pyridine rings is 1. The molecule has 0 spiro atoms. The molecule has 0 aliphatic carbocycles. The Labute approximate surface area is 192 Å². The Morgan fingerprint density at radius 2 is 2.00 bits per heavy atom. The molecule has 0 radical (unpaired) electrons. The lowest BCUT2D eigenvalue weighted by molar-refractivity contribution is -0.140. The molecule has 1 unspecified atom stereocenters. The Morgan fingerprint density at radius 3 is 2.64 bits per heavy atom. The van der Waals surface area contributed by atoms with E-state index in [2.05, 4.69) is 0 Å². The first-order chi connectivity index (χ1) is 16.0. The molecule has 0 amide bonds. The summed E-state index contributed by atoms with van der Waals surface area (Å²) in [5.74, 6) is 0.764. The minimum Gasteiger partial charge on any atom is -0.497 e. The Hall–Kier alpha value is -3.48. The van der Waals surface area contributed by atoms with Crippen molar-refractivity contribution in [3.05, 3.63) is 52.3 Å². The van der Waals surface area contributed by atoms with E-state index in [-0.39, 0.29) is 5.43 Å². The average Bonchev–Trinajstić information content (AvgIpc) is 2.83. The summed E-state index contributed by atoms with van der Waals surface area (Å²) in [5, 5.41) is 10.4. The van der Waals surface area contributed by atoms with Gasteiger partial charge in [0.15, 0.2) is 0 Å². The van der Waals surface area contributed by atoms with E-state index in [0.29, 0.717) is 58.9 Å². The number of hydrogen-bond donors (Lipinski definition) is 1. The Kier molecular flexibility index (Phi) is 6.58. The van der Waals surface area contributed by atoms with Crippen LogP contribution in [0.25, 0.3) is 22.0 Å². The monoisotopic (exact) mass is 451 g/mol. The van der Waals surface area contributed by atoms with Gasteiger partial charge in [0, 0.05) is 11.8 Å².